The molecule has 0 fully saturated rings. The van der Waals surface area contributed by atoms with E-state index in [1.165, 1.54) is 11.8 Å². The topological polar surface area (TPSA) is 80.5 Å². The number of rotatable bonds is 10. The summed E-state index contributed by atoms with van der Waals surface area (Å²) in [7, 11) is 1.62. The van der Waals surface area contributed by atoms with E-state index in [2.05, 4.69) is 46.4 Å². The second kappa shape index (κ2) is 10.9. The maximum Gasteiger partial charge on any atom is 0.277 e. The van der Waals surface area contributed by atoms with Gasteiger partial charge in [0.15, 0.2) is 0 Å². The molecule has 31 heavy (non-hydrogen) atoms. The fourth-order valence-corrected chi connectivity index (χ4v) is 3.77. The van der Waals surface area contributed by atoms with E-state index in [0.29, 0.717) is 17.7 Å². The molecule has 0 saturated heterocycles. The van der Waals surface area contributed by atoms with E-state index in [1.807, 2.05) is 43.3 Å². The van der Waals surface area contributed by atoms with Crippen molar-refractivity contribution in [1.82, 2.24) is 15.5 Å². The van der Waals surface area contributed by atoms with E-state index in [9.17, 15) is 4.79 Å². The predicted octanol–water partition coefficient (Wildman–Crippen LogP) is 4.39. The number of thioether (sulfide) groups is 1. The van der Waals surface area contributed by atoms with Gasteiger partial charge in [-0.25, -0.2) is 0 Å². The van der Waals surface area contributed by atoms with Crippen molar-refractivity contribution in [2.24, 2.45) is 0 Å². The SMILES string of the molecule is CCN(CC)c1ccc(-c2nnc(SC(C)C(=O)NCc3ccc(OC)cc3)o2)cc1. The predicted molar refractivity (Wildman–Crippen MR) is 123 cm³/mol. The van der Waals surface area contributed by atoms with Gasteiger partial charge >= 0.3 is 0 Å². The van der Waals surface area contributed by atoms with Crippen LogP contribution in [0.3, 0.4) is 0 Å². The zero-order chi connectivity index (χ0) is 22.2. The number of ether oxygens (including phenoxy) is 1. The van der Waals surface area contributed by atoms with E-state index >= 15 is 0 Å². The molecule has 1 atom stereocenters. The van der Waals surface area contributed by atoms with Crippen LogP contribution >= 0.6 is 11.8 Å². The minimum absolute atomic E-state index is 0.0934. The summed E-state index contributed by atoms with van der Waals surface area (Å²) in [6.45, 7) is 8.43. The van der Waals surface area contributed by atoms with Crippen LogP contribution in [0.25, 0.3) is 11.5 Å². The Morgan fingerprint density at radius 1 is 1.10 bits per heavy atom. The molecular formula is C23H28N4O3S. The van der Waals surface area contributed by atoms with E-state index in [4.69, 9.17) is 9.15 Å². The van der Waals surface area contributed by atoms with Gasteiger partial charge in [-0.3, -0.25) is 4.79 Å². The van der Waals surface area contributed by atoms with Crippen LogP contribution in [-0.4, -0.2) is 41.6 Å². The molecule has 1 N–H and O–H groups in total. The van der Waals surface area contributed by atoms with Crippen LogP contribution in [0, 0.1) is 0 Å². The van der Waals surface area contributed by atoms with Gasteiger partial charge in [0.25, 0.3) is 5.22 Å². The molecule has 1 unspecified atom stereocenters. The average Bonchev–Trinajstić information content (AvgIpc) is 3.27. The highest BCUT2D eigenvalue weighted by molar-refractivity contribution is 8.00. The van der Waals surface area contributed by atoms with Gasteiger partial charge in [-0.1, -0.05) is 23.9 Å². The molecule has 0 aliphatic heterocycles. The molecule has 3 rings (SSSR count). The summed E-state index contributed by atoms with van der Waals surface area (Å²) in [5, 5.41) is 11.1. The highest BCUT2D eigenvalue weighted by atomic mass is 32.2. The van der Waals surface area contributed by atoms with Crippen LogP contribution in [-0.2, 0) is 11.3 Å². The average molecular weight is 441 g/mol. The molecule has 0 bridgehead atoms. The number of carbonyl (C=O) groups excluding carboxylic acids is 1. The third kappa shape index (κ3) is 6.01. The molecular weight excluding hydrogens is 412 g/mol. The number of hydrogen-bond acceptors (Lipinski definition) is 7. The Balaban J connectivity index is 1.55. The molecule has 3 aromatic rings. The highest BCUT2D eigenvalue weighted by Crippen LogP contribution is 2.27. The lowest BCUT2D eigenvalue weighted by Gasteiger charge is -2.20. The number of aromatic nitrogens is 2. The van der Waals surface area contributed by atoms with Crippen molar-refractivity contribution in [2.75, 3.05) is 25.1 Å². The normalized spacial score (nSPS) is 11.7. The van der Waals surface area contributed by atoms with Gasteiger partial charge in [-0.05, 0) is 62.7 Å². The summed E-state index contributed by atoms with van der Waals surface area (Å²) in [5.74, 6) is 1.14. The van der Waals surface area contributed by atoms with E-state index < -0.39 is 0 Å². The number of amides is 1. The molecule has 0 aliphatic carbocycles. The summed E-state index contributed by atoms with van der Waals surface area (Å²) in [6.07, 6.45) is 0. The second-order valence-electron chi connectivity index (χ2n) is 6.92. The molecule has 0 saturated carbocycles. The van der Waals surface area contributed by atoms with Crippen molar-refractivity contribution in [3.63, 3.8) is 0 Å². The van der Waals surface area contributed by atoms with Crippen molar-refractivity contribution < 1.29 is 13.9 Å². The first kappa shape index (κ1) is 22.7. The van der Waals surface area contributed by atoms with Crippen molar-refractivity contribution in [3.05, 3.63) is 54.1 Å². The lowest BCUT2D eigenvalue weighted by Crippen LogP contribution is -2.30. The summed E-state index contributed by atoms with van der Waals surface area (Å²) in [4.78, 5) is 14.7. The first-order chi connectivity index (χ1) is 15.0. The molecule has 2 aromatic carbocycles. The molecule has 0 radical (unpaired) electrons. The Morgan fingerprint density at radius 2 is 1.77 bits per heavy atom. The van der Waals surface area contributed by atoms with Crippen molar-refractivity contribution in [2.45, 2.75) is 37.8 Å². The number of nitrogens with one attached hydrogen (secondary N) is 1. The standard InChI is InChI=1S/C23H28N4O3S/c1-5-27(6-2)19-11-9-18(10-12-19)22-25-26-23(30-22)31-16(3)21(28)24-15-17-7-13-20(29-4)14-8-17/h7-14,16H,5-6,15H2,1-4H3,(H,24,28). The number of anilines is 1. The van der Waals surface area contributed by atoms with Gasteiger partial charge in [0, 0.05) is 30.9 Å². The maximum atomic E-state index is 12.4. The molecule has 0 aliphatic rings. The van der Waals surface area contributed by atoms with Crippen molar-refractivity contribution in [1.29, 1.82) is 0 Å². The maximum absolute atomic E-state index is 12.4. The van der Waals surface area contributed by atoms with Gasteiger partial charge in [0.2, 0.25) is 11.8 Å². The molecule has 8 heteroatoms. The summed E-state index contributed by atoms with van der Waals surface area (Å²) in [5.41, 5.74) is 3.01. The van der Waals surface area contributed by atoms with Crippen LogP contribution in [0.4, 0.5) is 5.69 Å². The van der Waals surface area contributed by atoms with Crippen LogP contribution in [0.15, 0.2) is 58.2 Å². The number of hydrogen-bond donors (Lipinski definition) is 1. The Morgan fingerprint density at radius 3 is 2.39 bits per heavy atom. The van der Waals surface area contributed by atoms with E-state index in [0.717, 1.165) is 35.7 Å². The monoisotopic (exact) mass is 440 g/mol. The Bertz CT molecular complexity index is 969. The summed E-state index contributed by atoms with van der Waals surface area (Å²) >= 11 is 1.24. The van der Waals surface area contributed by atoms with Crippen molar-refractivity contribution in [3.8, 4) is 17.2 Å². The third-order valence-electron chi connectivity index (χ3n) is 4.92. The smallest absolute Gasteiger partial charge is 0.277 e. The van der Waals surface area contributed by atoms with Gasteiger partial charge in [-0.15, -0.1) is 10.2 Å². The lowest BCUT2D eigenvalue weighted by molar-refractivity contribution is -0.120. The minimum atomic E-state index is -0.364. The highest BCUT2D eigenvalue weighted by Gasteiger charge is 2.18. The fourth-order valence-electron chi connectivity index (χ4n) is 3.06. The summed E-state index contributed by atoms with van der Waals surface area (Å²) in [6, 6.07) is 15.6. The van der Waals surface area contributed by atoms with Gasteiger partial charge in [0.05, 0.1) is 12.4 Å². The van der Waals surface area contributed by atoms with Crippen LogP contribution < -0.4 is 15.0 Å². The fraction of sp³-hybridized carbons (Fsp3) is 0.348. The zero-order valence-corrected chi connectivity index (χ0v) is 19.1. The van der Waals surface area contributed by atoms with Gasteiger partial charge in [-0.2, -0.15) is 0 Å². The Hall–Kier alpha value is -3.00. The number of methoxy groups -OCH3 is 1. The molecule has 164 valence electrons. The van der Waals surface area contributed by atoms with E-state index in [-0.39, 0.29) is 11.2 Å². The third-order valence-corrected chi connectivity index (χ3v) is 5.86. The quantitative estimate of drug-likeness (QED) is 0.468. The molecule has 1 heterocycles. The molecule has 1 aromatic heterocycles. The first-order valence-electron chi connectivity index (χ1n) is 10.3. The number of nitrogens with zero attached hydrogens (tertiary/aromatic N) is 3. The van der Waals surface area contributed by atoms with Crippen LogP contribution in [0.2, 0.25) is 0 Å². The van der Waals surface area contributed by atoms with Gasteiger partial charge < -0.3 is 19.4 Å². The molecule has 0 spiro atoms. The van der Waals surface area contributed by atoms with Gasteiger partial charge in [0.1, 0.15) is 5.75 Å². The molecule has 1 amide bonds. The Kier molecular flexibility index (Phi) is 7.94. The summed E-state index contributed by atoms with van der Waals surface area (Å²) < 4.78 is 10.9. The van der Waals surface area contributed by atoms with Crippen molar-refractivity contribution >= 4 is 23.4 Å². The number of carbonyl (C=O) groups is 1. The van der Waals surface area contributed by atoms with Crippen LogP contribution in [0.1, 0.15) is 26.3 Å². The first-order valence-corrected chi connectivity index (χ1v) is 11.2. The molecule has 7 nitrogen and oxygen atoms in total. The minimum Gasteiger partial charge on any atom is -0.497 e. The van der Waals surface area contributed by atoms with Crippen LogP contribution in [0.5, 0.6) is 5.75 Å². The number of benzene rings is 2. The lowest BCUT2D eigenvalue weighted by atomic mass is 10.2. The Labute approximate surface area is 187 Å². The largest absolute Gasteiger partial charge is 0.497 e. The van der Waals surface area contributed by atoms with E-state index in [1.54, 1.807) is 7.11 Å². The zero-order valence-electron chi connectivity index (χ0n) is 18.3. The second-order valence-corrected chi connectivity index (χ2v) is 8.21.